The minimum atomic E-state index is -5.12. The second-order valence-corrected chi connectivity index (χ2v) is 10.1. The van der Waals surface area contributed by atoms with Crippen molar-refractivity contribution in [1.82, 2.24) is 4.90 Å². The number of hydrogen-bond donors (Lipinski definition) is 0. The van der Waals surface area contributed by atoms with Crippen LogP contribution in [0.4, 0.5) is 44.3 Å². The van der Waals surface area contributed by atoms with E-state index >= 15 is 0 Å². The molecule has 1 aliphatic rings. The van der Waals surface area contributed by atoms with Crippen LogP contribution in [-0.2, 0) is 29.8 Å². The smallest absolute Gasteiger partial charge is 0.416 e. The monoisotopic (exact) mass is 605 g/mol. The number of rotatable bonds is 6. The number of ether oxygens (including phenoxy) is 2. The fourth-order valence-electron chi connectivity index (χ4n) is 4.64. The van der Waals surface area contributed by atoms with Crippen LogP contribution in [0.15, 0.2) is 54.6 Å². The molecule has 1 aliphatic heterocycles. The van der Waals surface area contributed by atoms with Gasteiger partial charge >= 0.3 is 24.6 Å². The first kappa shape index (κ1) is 31.0. The third-order valence-electron chi connectivity index (χ3n) is 6.84. The largest absolute Gasteiger partial charge is 0.496 e. The van der Waals surface area contributed by atoms with Crippen LogP contribution < -0.4 is 4.74 Å². The highest BCUT2D eigenvalue weighted by molar-refractivity contribution is 5.76. The molecule has 4 nitrogen and oxygen atoms in total. The van der Waals surface area contributed by atoms with Crippen LogP contribution >= 0.6 is 0 Å². The minimum Gasteiger partial charge on any atom is -0.496 e. The highest BCUT2D eigenvalue weighted by atomic mass is 19.4. The zero-order chi connectivity index (χ0) is 31.2. The highest BCUT2D eigenvalue weighted by Gasteiger charge is 2.40. The quantitative estimate of drug-likeness (QED) is 0.263. The van der Waals surface area contributed by atoms with Gasteiger partial charge in [0, 0.05) is 12.1 Å². The number of carbonyl (C=O) groups is 1. The van der Waals surface area contributed by atoms with E-state index in [-0.39, 0.29) is 23.1 Å². The van der Waals surface area contributed by atoms with Crippen molar-refractivity contribution in [2.45, 2.75) is 50.9 Å². The summed E-state index contributed by atoms with van der Waals surface area (Å²) in [4.78, 5) is 13.7. The lowest BCUT2D eigenvalue weighted by Crippen LogP contribution is -2.24. The number of cyclic esters (lactones) is 1. The van der Waals surface area contributed by atoms with Crippen molar-refractivity contribution in [2.75, 3.05) is 13.7 Å². The second-order valence-electron chi connectivity index (χ2n) is 10.1. The van der Waals surface area contributed by atoms with Crippen molar-refractivity contribution in [3.05, 3.63) is 88.0 Å². The van der Waals surface area contributed by atoms with E-state index in [2.05, 4.69) is 0 Å². The molecular formula is C29H24F9NO3. The maximum atomic E-state index is 13.6. The van der Waals surface area contributed by atoms with Crippen LogP contribution in [0.5, 0.6) is 5.75 Å². The molecule has 226 valence electrons. The summed E-state index contributed by atoms with van der Waals surface area (Å²) in [5.74, 6) is 0.391. The van der Waals surface area contributed by atoms with E-state index in [1.165, 1.54) is 13.2 Å². The van der Waals surface area contributed by atoms with E-state index in [9.17, 15) is 44.3 Å². The van der Waals surface area contributed by atoms with Gasteiger partial charge in [0.05, 0.1) is 30.3 Å². The molecule has 0 saturated carbocycles. The van der Waals surface area contributed by atoms with Crippen LogP contribution in [0.1, 0.15) is 59.3 Å². The Kier molecular flexibility index (Phi) is 8.18. The Morgan fingerprint density at radius 3 is 1.93 bits per heavy atom. The van der Waals surface area contributed by atoms with Crippen LogP contribution in [0.3, 0.4) is 0 Å². The van der Waals surface area contributed by atoms with Crippen molar-refractivity contribution in [3.63, 3.8) is 0 Å². The summed E-state index contributed by atoms with van der Waals surface area (Å²) in [7, 11) is 1.38. The number of hydrogen-bond acceptors (Lipinski definition) is 3. The van der Waals surface area contributed by atoms with Crippen molar-refractivity contribution in [1.29, 1.82) is 0 Å². The Bertz CT molecular complexity index is 1440. The average Bonchev–Trinajstić information content (AvgIpc) is 3.26. The molecule has 0 aliphatic carbocycles. The van der Waals surface area contributed by atoms with Crippen LogP contribution in [0, 0.1) is 0 Å². The number of halogens is 9. The van der Waals surface area contributed by atoms with Crippen LogP contribution in [0.25, 0.3) is 11.1 Å². The van der Waals surface area contributed by atoms with Gasteiger partial charge in [-0.3, -0.25) is 4.90 Å². The molecule has 1 saturated heterocycles. The Labute approximate surface area is 234 Å². The highest BCUT2D eigenvalue weighted by Crippen LogP contribution is 2.41. The zero-order valence-electron chi connectivity index (χ0n) is 22.3. The Morgan fingerprint density at radius 1 is 0.810 bits per heavy atom. The normalized spacial score (nSPS) is 16.3. The Hall–Kier alpha value is -3.90. The van der Waals surface area contributed by atoms with Crippen molar-refractivity contribution in [3.8, 4) is 16.9 Å². The summed E-state index contributed by atoms with van der Waals surface area (Å²) in [6.45, 7) is 2.85. The van der Waals surface area contributed by atoms with E-state index in [4.69, 9.17) is 9.47 Å². The second kappa shape index (κ2) is 11.1. The van der Waals surface area contributed by atoms with Crippen molar-refractivity contribution >= 4 is 6.09 Å². The summed E-state index contributed by atoms with van der Waals surface area (Å²) >= 11 is 0. The van der Waals surface area contributed by atoms with E-state index in [1.54, 1.807) is 18.2 Å². The summed E-state index contributed by atoms with van der Waals surface area (Å²) < 4.78 is 132. The average molecular weight is 605 g/mol. The molecular weight excluding hydrogens is 581 g/mol. The number of carbonyl (C=O) groups excluding carboxylic acids is 1. The molecule has 3 aromatic rings. The lowest BCUT2D eigenvalue weighted by molar-refractivity contribution is -0.143. The lowest BCUT2D eigenvalue weighted by Gasteiger charge is -2.20. The van der Waals surface area contributed by atoms with Gasteiger partial charge in [0.25, 0.3) is 0 Å². The molecule has 0 radical (unpaired) electrons. The molecule has 13 heteroatoms. The van der Waals surface area contributed by atoms with Gasteiger partial charge in [-0.2, -0.15) is 39.5 Å². The van der Waals surface area contributed by atoms with E-state index in [0.717, 1.165) is 22.6 Å². The standard InChI is InChI=1S/C29H24F9NO3/c1-15(2)16-4-7-24(41-3)23(11-16)22-6-5-19(27(30,31)32)10-18(22)13-39-14-25(42-26(39)40)17-8-20(28(33,34)35)12-21(9-17)29(36,37)38/h4-12,15,25H,13-14H2,1-3H3/t25-/m0/s1. The topological polar surface area (TPSA) is 38.8 Å². The summed E-state index contributed by atoms with van der Waals surface area (Å²) in [6.07, 6.45) is -17.6. The molecule has 0 spiro atoms. The molecule has 0 unspecified atom stereocenters. The van der Waals surface area contributed by atoms with E-state index in [1.807, 2.05) is 13.8 Å². The number of nitrogens with zero attached hydrogens (tertiary/aromatic N) is 1. The van der Waals surface area contributed by atoms with E-state index in [0.29, 0.717) is 23.4 Å². The fourth-order valence-corrected chi connectivity index (χ4v) is 4.64. The summed E-state index contributed by atoms with van der Waals surface area (Å²) in [5.41, 5.74) is -3.15. The Balaban J connectivity index is 1.75. The number of amides is 1. The third-order valence-corrected chi connectivity index (χ3v) is 6.84. The van der Waals surface area contributed by atoms with E-state index < -0.39 is 66.1 Å². The fraction of sp³-hybridized carbons (Fsp3) is 0.345. The first-order valence-electron chi connectivity index (χ1n) is 12.5. The van der Waals surface area contributed by atoms with Gasteiger partial charge in [0.2, 0.25) is 0 Å². The van der Waals surface area contributed by atoms with Gasteiger partial charge in [-0.05, 0) is 70.6 Å². The Morgan fingerprint density at radius 2 is 1.40 bits per heavy atom. The molecule has 0 aromatic heterocycles. The summed E-state index contributed by atoms with van der Waals surface area (Å²) in [6, 6.07) is 8.97. The number of alkyl halides is 9. The zero-order valence-corrected chi connectivity index (χ0v) is 22.3. The van der Waals surface area contributed by atoms with Gasteiger partial charge in [0.15, 0.2) is 0 Å². The van der Waals surface area contributed by atoms with Crippen LogP contribution in [-0.4, -0.2) is 24.6 Å². The molecule has 1 heterocycles. The van der Waals surface area contributed by atoms with Gasteiger partial charge in [-0.1, -0.05) is 26.0 Å². The molecule has 0 N–H and O–H groups in total. The minimum absolute atomic E-state index is 0.0154. The van der Waals surface area contributed by atoms with Gasteiger partial charge < -0.3 is 9.47 Å². The maximum absolute atomic E-state index is 13.6. The first-order chi connectivity index (χ1) is 19.4. The van der Waals surface area contributed by atoms with Gasteiger partial charge in [0.1, 0.15) is 11.9 Å². The van der Waals surface area contributed by atoms with Gasteiger partial charge in [-0.15, -0.1) is 0 Å². The molecule has 1 fully saturated rings. The lowest BCUT2D eigenvalue weighted by atomic mass is 9.92. The first-order valence-corrected chi connectivity index (χ1v) is 12.5. The molecule has 1 amide bonds. The molecule has 0 bridgehead atoms. The SMILES string of the molecule is COc1ccc(C(C)C)cc1-c1ccc(C(F)(F)F)cc1CN1C[C@@H](c2cc(C(F)(F)F)cc(C(F)(F)F)c2)OC1=O. The van der Waals surface area contributed by atoms with Crippen LogP contribution in [0.2, 0.25) is 0 Å². The number of benzene rings is 3. The third kappa shape index (κ3) is 6.60. The molecule has 3 aromatic carbocycles. The van der Waals surface area contributed by atoms with Gasteiger partial charge in [-0.25, -0.2) is 4.79 Å². The predicted molar refractivity (Wildman–Crippen MR) is 134 cm³/mol. The van der Waals surface area contributed by atoms with Crippen molar-refractivity contribution < 1.29 is 53.8 Å². The summed E-state index contributed by atoms with van der Waals surface area (Å²) in [5, 5.41) is 0. The molecule has 4 rings (SSSR count). The maximum Gasteiger partial charge on any atom is 0.416 e. The molecule has 1 atom stereocenters. The number of methoxy groups -OCH3 is 1. The predicted octanol–water partition coefficient (Wildman–Crippen LogP) is 9.24. The van der Waals surface area contributed by atoms with Crippen molar-refractivity contribution in [2.24, 2.45) is 0 Å². The molecule has 42 heavy (non-hydrogen) atoms.